The molecule has 14 heavy (non-hydrogen) atoms. The first-order chi connectivity index (χ1) is 6.81. The zero-order chi connectivity index (χ0) is 9.97. The van der Waals surface area contributed by atoms with E-state index in [1.807, 2.05) is 6.07 Å². The van der Waals surface area contributed by atoms with Gasteiger partial charge in [-0.25, -0.2) is 4.39 Å². The average molecular weight is 195 g/mol. The first-order valence-electron chi connectivity index (χ1n) is 4.87. The minimum Gasteiger partial charge on any atom is -0.305 e. The highest BCUT2D eigenvalue weighted by molar-refractivity contribution is 5.36. The molecule has 0 amide bonds. The zero-order valence-electron chi connectivity index (χ0n) is 8.27. The predicted octanol–water partition coefficient (Wildman–Crippen LogP) is 1.97. The van der Waals surface area contributed by atoms with Gasteiger partial charge in [-0.1, -0.05) is 6.07 Å². The van der Waals surface area contributed by atoms with Gasteiger partial charge in [0, 0.05) is 12.1 Å². The lowest BCUT2D eigenvalue weighted by atomic mass is 10.1. The highest BCUT2D eigenvalue weighted by Crippen LogP contribution is 2.24. The Balaban J connectivity index is 2.23. The predicted molar refractivity (Wildman–Crippen MR) is 52.3 cm³/mol. The fraction of sp³-hybridized carbons (Fsp3) is 0.455. The highest BCUT2D eigenvalue weighted by atomic mass is 19.1. The van der Waals surface area contributed by atoms with Gasteiger partial charge in [-0.3, -0.25) is 0 Å². The number of aryl methyl sites for hydroxylation is 2. The second-order valence-electron chi connectivity index (χ2n) is 3.59. The Morgan fingerprint density at radius 3 is 2.79 bits per heavy atom. The summed E-state index contributed by atoms with van der Waals surface area (Å²) >= 11 is 0. The monoisotopic (exact) mass is 195 g/mol. The molecule has 0 saturated carbocycles. The van der Waals surface area contributed by atoms with Crippen LogP contribution in [0.3, 0.4) is 0 Å². The van der Waals surface area contributed by atoms with E-state index in [2.05, 4.69) is 5.48 Å². The lowest BCUT2D eigenvalue weighted by Gasteiger charge is -2.07. The SMILES string of the molecule is CONCc1cc2c(cc1F)CCC2. The molecular weight excluding hydrogens is 181 g/mol. The molecule has 1 N–H and O–H groups in total. The van der Waals surface area contributed by atoms with Crippen LogP contribution in [0.4, 0.5) is 4.39 Å². The van der Waals surface area contributed by atoms with Gasteiger partial charge in [0.1, 0.15) is 5.82 Å². The largest absolute Gasteiger partial charge is 0.305 e. The summed E-state index contributed by atoms with van der Waals surface area (Å²) in [5.41, 5.74) is 5.81. The molecule has 1 aliphatic carbocycles. The Morgan fingerprint density at radius 1 is 1.36 bits per heavy atom. The molecule has 76 valence electrons. The number of hydrogen-bond acceptors (Lipinski definition) is 2. The quantitative estimate of drug-likeness (QED) is 0.744. The van der Waals surface area contributed by atoms with Crippen LogP contribution in [0.1, 0.15) is 23.1 Å². The first kappa shape index (κ1) is 9.62. The van der Waals surface area contributed by atoms with E-state index in [1.54, 1.807) is 6.07 Å². The molecule has 3 heteroatoms. The van der Waals surface area contributed by atoms with E-state index in [4.69, 9.17) is 4.84 Å². The molecule has 0 fully saturated rings. The summed E-state index contributed by atoms with van der Waals surface area (Å²) in [6.45, 7) is 0.426. The van der Waals surface area contributed by atoms with Gasteiger partial charge in [-0.05, 0) is 36.5 Å². The smallest absolute Gasteiger partial charge is 0.128 e. The van der Waals surface area contributed by atoms with Gasteiger partial charge in [0.2, 0.25) is 0 Å². The summed E-state index contributed by atoms with van der Waals surface area (Å²) in [6.07, 6.45) is 3.25. The lowest BCUT2D eigenvalue weighted by molar-refractivity contribution is 0.0859. The fourth-order valence-electron chi connectivity index (χ4n) is 1.93. The first-order valence-corrected chi connectivity index (χ1v) is 4.87. The van der Waals surface area contributed by atoms with Crippen LogP contribution in [-0.2, 0) is 24.2 Å². The van der Waals surface area contributed by atoms with E-state index >= 15 is 0 Å². The van der Waals surface area contributed by atoms with Crippen molar-refractivity contribution in [3.8, 4) is 0 Å². The third kappa shape index (κ3) is 1.79. The van der Waals surface area contributed by atoms with E-state index in [-0.39, 0.29) is 5.82 Å². The topological polar surface area (TPSA) is 21.3 Å². The molecule has 0 bridgehead atoms. The van der Waals surface area contributed by atoms with Gasteiger partial charge in [-0.2, -0.15) is 5.48 Å². The molecule has 0 saturated heterocycles. The van der Waals surface area contributed by atoms with Crippen LogP contribution < -0.4 is 5.48 Å². The van der Waals surface area contributed by atoms with E-state index < -0.39 is 0 Å². The second-order valence-corrected chi connectivity index (χ2v) is 3.59. The van der Waals surface area contributed by atoms with Crippen LogP contribution in [0, 0.1) is 5.82 Å². The standard InChI is InChI=1S/C11H14FNO/c1-14-13-7-10-5-8-3-2-4-9(8)6-11(10)12/h5-6,13H,2-4,7H2,1H3. The van der Waals surface area contributed by atoms with Crippen molar-refractivity contribution >= 4 is 0 Å². The molecule has 0 aromatic heterocycles. The summed E-state index contributed by atoms with van der Waals surface area (Å²) in [5.74, 6) is -0.129. The molecule has 1 aliphatic rings. The van der Waals surface area contributed by atoms with Crippen LogP contribution in [-0.4, -0.2) is 7.11 Å². The number of hydrogen-bond donors (Lipinski definition) is 1. The highest BCUT2D eigenvalue weighted by Gasteiger charge is 2.14. The fourth-order valence-corrected chi connectivity index (χ4v) is 1.93. The van der Waals surface area contributed by atoms with Gasteiger partial charge in [0.15, 0.2) is 0 Å². The van der Waals surface area contributed by atoms with Crippen LogP contribution in [0.25, 0.3) is 0 Å². The van der Waals surface area contributed by atoms with E-state index in [9.17, 15) is 4.39 Å². The van der Waals surface area contributed by atoms with Gasteiger partial charge >= 0.3 is 0 Å². The van der Waals surface area contributed by atoms with Crippen molar-refractivity contribution in [2.45, 2.75) is 25.8 Å². The van der Waals surface area contributed by atoms with Crippen molar-refractivity contribution < 1.29 is 9.23 Å². The Labute approximate surface area is 83.0 Å². The van der Waals surface area contributed by atoms with Crippen molar-refractivity contribution in [1.82, 2.24) is 5.48 Å². The minimum absolute atomic E-state index is 0.129. The van der Waals surface area contributed by atoms with Gasteiger partial charge < -0.3 is 4.84 Å². The molecule has 1 aromatic carbocycles. The summed E-state index contributed by atoms with van der Waals surface area (Å²) in [5, 5.41) is 0. The minimum atomic E-state index is -0.129. The summed E-state index contributed by atoms with van der Waals surface area (Å²) < 4.78 is 13.5. The van der Waals surface area contributed by atoms with Gasteiger partial charge in [-0.15, -0.1) is 0 Å². The van der Waals surface area contributed by atoms with Crippen molar-refractivity contribution in [1.29, 1.82) is 0 Å². The molecule has 0 spiro atoms. The van der Waals surface area contributed by atoms with Crippen LogP contribution in [0.2, 0.25) is 0 Å². The van der Waals surface area contributed by atoms with Gasteiger partial charge in [0.25, 0.3) is 0 Å². The van der Waals surface area contributed by atoms with Crippen LogP contribution in [0.15, 0.2) is 12.1 Å². The molecule has 2 rings (SSSR count). The number of halogens is 1. The normalized spacial score (nSPS) is 14.4. The van der Waals surface area contributed by atoms with Gasteiger partial charge in [0.05, 0.1) is 7.11 Å². The van der Waals surface area contributed by atoms with E-state index in [0.717, 1.165) is 19.3 Å². The summed E-state index contributed by atoms with van der Waals surface area (Å²) in [6, 6.07) is 3.61. The third-order valence-electron chi connectivity index (χ3n) is 2.67. The van der Waals surface area contributed by atoms with Crippen LogP contribution >= 0.6 is 0 Å². The third-order valence-corrected chi connectivity index (χ3v) is 2.67. The maximum atomic E-state index is 13.5. The van der Waals surface area contributed by atoms with Crippen molar-refractivity contribution in [3.63, 3.8) is 0 Å². The Morgan fingerprint density at radius 2 is 2.07 bits per heavy atom. The lowest BCUT2D eigenvalue weighted by Crippen LogP contribution is -2.12. The molecular formula is C11H14FNO. The molecule has 0 atom stereocenters. The molecule has 1 aromatic rings. The summed E-state index contributed by atoms with van der Waals surface area (Å²) in [7, 11) is 1.53. The van der Waals surface area contributed by atoms with Crippen molar-refractivity contribution in [2.24, 2.45) is 0 Å². The number of rotatable bonds is 3. The maximum Gasteiger partial charge on any atom is 0.128 e. The molecule has 2 nitrogen and oxygen atoms in total. The van der Waals surface area contributed by atoms with Crippen molar-refractivity contribution in [3.05, 3.63) is 34.6 Å². The average Bonchev–Trinajstić information content (AvgIpc) is 2.61. The number of nitrogens with one attached hydrogen (secondary N) is 1. The number of benzene rings is 1. The Kier molecular flexibility index (Phi) is 2.79. The number of fused-ring (bicyclic) bond motifs is 1. The summed E-state index contributed by atoms with van der Waals surface area (Å²) in [4.78, 5) is 4.70. The zero-order valence-corrected chi connectivity index (χ0v) is 8.27. The Bertz CT molecular complexity index is 338. The molecule has 0 heterocycles. The number of hydroxylamine groups is 1. The van der Waals surface area contributed by atoms with Crippen LogP contribution in [0.5, 0.6) is 0 Å². The second kappa shape index (κ2) is 4.07. The Hall–Kier alpha value is -0.930. The van der Waals surface area contributed by atoms with E-state index in [0.29, 0.717) is 12.1 Å². The van der Waals surface area contributed by atoms with E-state index in [1.165, 1.54) is 18.2 Å². The molecule has 0 unspecified atom stereocenters. The van der Waals surface area contributed by atoms with Crippen molar-refractivity contribution in [2.75, 3.05) is 7.11 Å². The maximum absolute atomic E-state index is 13.5. The molecule has 0 aliphatic heterocycles. The molecule has 0 radical (unpaired) electrons.